The molecule has 0 saturated heterocycles. The standard InChI is InChI=1S/C18H28N2O3.2ClH/c1-19(2)12-15(13-20(3)4)16(21)9-7-14-8-10-17(22-5)18(11-14)23-6;;/h7-11,15H,12-13H2,1-6H3;2*1H/b9-7+;;. The lowest BCUT2D eigenvalue weighted by atomic mass is 10.0. The maximum atomic E-state index is 12.5. The maximum absolute atomic E-state index is 12.5. The SMILES string of the molecule is COc1ccc(/C=C/C(=O)C(CN(C)C)CN(C)C)cc1OC.Cl.Cl. The molecule has 0 bridgehead atoms. The number of benzene rings is 1. The quantitative estimate of drug-likeness (QED) is 0.604. The molecule has 0 aliphatic rings. The minimum Gasteiger partial charge on any atom is -0.493 e. The Balaban J connectivity index is 0. The van der Waals surface area contributed by atoms with Crippen molar-refractivity contribution in [3.05, 3.63) is 29.8 Å². The van der Waals surface area contributed by atoms with Crippen LogP contribution in [0, 0.1) is 5.92 Å². The van der Waals surface area contributed by atoms with E-state index in [1.165, 1.54) is 0 Å². The first-order chi connectivity index (χ1) is 10.9. The second-order valence-corrected chi connectivity index (χ2v) is 6.07. The Kier molecular flexibility index (Phi) is 13.5. The van der Waals surface area contributed by atoms with Crippen LogP contribution in [-0.2, 0) is 4.79 Å². The van der Waals surface area contributed by atoms with Gasteiger partial charge in [0.1, 0.15) is 0 Å². The van der Waals surface area contributed by atoms with Gasteiger partial charge in [-0.05, 0) is 52.0 Å². The summed E-state index contributed by atoms with van der Waals surface area (Å²) in [5, 5.41) is 0. The topological polar surface area (TPSA) is 42.0 Å². The zero-order valence-electron chi connectivity index (χ0n) is 15.8. The first kappa shape index (κ1) is 26.0. The van der Waals surface area contributed by atoms with Crippen LogP contribution in [0.3, 0.4) is 0 Å². The zero-order chi connectivity index (χ0) is 17.4. The average molecular weight is 393 g/mol. The third-order valence-corrected chi connectivity index (χ3v) is 3.42. The molecule has 1 aromatic carbocycles. The number of nitrogens with zero attached hydrogens (tertiary/aromatic N) is 2. The monoisotopic (exact) mass is 392 g/mol. The molecule has 0 aliphatic carbocycles. The second-order valence-electron chi connectivity index (χ2n) is 6.07. The zero-order valence-corrected chi connectivity index (χ0v) is 17.4. The van der Waals surface area contributed by atoms with E-state index in [1.54, 1.807) is 20.3 Å². The number of ketones is 1. The fourth-order valence-corrected chi connectivity index (χ4v) is 2.39. The van der Waals surface area contributed by atoms with E-state index >= 15 is 0 Å². The van der Waals surface area contributed by atoms with Crippen LogP contribution in [-0.4, -0.2) is 71.1 Å². The number of carbonyl (C=O) groups is 1. The van der Waals surface area contributed by atoms with Crippen LogP contribution in [0.4, 0.5) is 0 Å². The van der Waals surface area contributed by atoms with E-state index in [9.17, 15) is 4.79 Å². The highest BCUT2D eigenvalue weighted by Crippen LogP contribution is 2.28. The largest absolute Gasteiger partial charge is 0.493 e. The predicted molar refractivity (Wildman–Crippen MR) is 109 cm³/mol. The molecule has 0 amide bonds. The summed E-state index contributed by atoms with van der Waals surface area (Å²) in [6.07, 6.45) is 3.47. The number of rotatable bonds is 9. The third kappa shape index (κ3) is 9.12. The number of hydrogen-bond donors (Lipinski definition) is 0. The van der Waals surface area contributed by atoms with Gasteiger partial charge in [-0.15, -0.1) is 24.8 Å². The van der Waals surface area contributed by atoms with Crippen molar-refractivity contribution in [2.75, 3.05) is 55.5 Å². The van der Waals surface area contributed by atoms with E-state index in [0.29, 0.717) is 11.5 Å². The summed E-state index contributed by atoms with van der Waals surface area (Å²) in [5.41, 5.74) is 0.907. The lowest BCUT2D eigenvalue weighted by molar-refractivity contribution is -0.119. The van der Waals surface area contributed by atoms with Crippen LogP contribution in [0.2, 0.25) is 0 Å². The van der Waals surface area contributed by atoms with E-state index in [-0.39, 0.29) is 36.5 Å². The van der Waals surface area contributed by atoms with Gasteiger partial charge in [0.15, 0.2) is 17.3 Å². The fraction of sp³-hybridized carbons (Fsp3) is 0.500. The Morgan fingerprint density at radius 3 is 1.96 bits per heavy atom. The van der Waals surface area contributed by atoms with Gasteiger partial charge in [-0.3, -0.25) is 4.79 Å². The van der Waals surface area contributed by atoms with E-state index in [2.05, 4.69) is 0 Å². The Morgan fingerprint density at radius 2 is 1.52 bits per heavy atom. The van der Waals surface area contributed by atoms with Crippen molar-refractivity contribution in [2.45, 2.75) is 0 Å². The summed E-state index contributed by atoms with van der Waals surface area (Å²) < 4.78 is 10.5. The highest BCUT2D eigenvalue weighted by molar-refractivity contribution is 5.95. The van der Waals surface area contributed by atoms with Crippen LogP contribution < -0.4 is 9.47 Å². The number of hydrogen-bond acceptors (Lipinski definition) is 5. The second kappa shape index (κ2) is 13.0. The van der Waals surface area contributed by atoms with Crippen molar-refractivity contribution in [1.82, 2.24) is 9.80 Å². The first-order valence-electron chi connectivity index (χ1n) is 7.60. The van der Waals surface area contributed by atoms with Gasteiger partial charge in [-0.1, -0.05) is 12.1 Å². The van der Waals surface area contributed by atoms with E-state index < -0.39 is 0 Å². The van der Waals surface area contributed by atoms with Crippen molar-refractivity contribution < 1.29 is 14.3 Å². The summed E-state index contributed by atoms with van der Waals surface area (Å²) in [6.45, 7) is 1.46. The Morgan fingerprint density at radius 1 is 1.00 bits per heavy atom. The molecule has 0 aromatic heterocycles. The lowest BCUT2D eigenvalue weighted by Gasteiger charge is -2.22. The van der Waals surface area contributed by atoms with Gasteiger partial charge in [0, 0.05) is 19.0 Å². The lowest BCUT2D eigenvalue weighted by Crippen LogP contribution is -2.34. The van der Waals surface area contributed by atoms with Crippen molar-refractivity contribution in [3.8, 4) is 11.5 Å². The molecular weight excluding hydrogens is 363 g/mol. The average Bonchev–Trinajstić information content (AvgIpc) is 2.50. The number of ether oxygens (including phenoxy) is 2. The molecule has 1 aromatic rings. The van der Waals surface area contributed by atoms with Gasteiger partial charge in [0.25, 0.3) is 0 Å². The summed E-state index contributed by atoms with van der Waals surface area (Å²) in [7, 11) is 11.1. The summed E-state index contributed by atoms with van der Waals surface area (Å²) >= 11 is 0. The van der Waals surface area contributed by atoms with E-state index in [4.69, 9.17) is 9.47 Å². The molecule has 0 fully saturated rings. The molecule has 0 saturated carbocycles. The van der Waals surface area contributed by atoms with Gasteiger partial charge in [0.2, 0.25) is 0 Å². The Bertz CT molecular complexity index is 539. The van der Waals surface area contributed by atoms with E-state index in [0.717, 1.165) is 18.7 Å². The van der Waals surface area contributed by atoms with Crippen molar-refractivity contribution in [3.63, 3.8) is 0 Å². The van der Waals surface area contributed by atoms with Gasteiger partial charge >= 0.3 is 0 Å². The van der Waals surface area contributed by atoms with Crippen LogP contribution in [0.1, 0.15) is 5.56 Å². The van der Waals surface area contributed by atoms with Crippen LogP contribution in [0.5, 0.6) is 11.5 Å². The molecule has 0 radical (unpaired) electrons. The third-order valence-electron chi connectivity index (χ3n) is 3.42. The summed E-state index contributed by atoms with van der Waals surface area (Å²) in [6, 6.07) is 5.59. The number of halogens is 2. The minimum atomic E-state index is -0.0450. The number of methoxy groups -OCH3 is 2. The van der Waals surface area contributed by atoms with Crippen molar-refractivity contribution >= 4 is 36.7 Å². The van der Waals surface area contributed by atoms with Gasteiger partial charge in [0.05, 0.1) is 14.2 Å². The highest BCUT2D eigenvalue weighted by atomic mass is 35.5. The molecule has 1 rings (SSSR count). The van der Waals surface area contributed by atoms with Crippen LogP contribution in [0.15, 0.2) is 24.3 Å². The molecule has 0 aliphatic heterocycles. The Hall–Kier alpha value is -1.27. The molecule has 0 atom stereocenters. The minimum absolute atomic E-state index is 0. The molecule has 25 heavy (non-hydrogen) atoms. The van der Waals surface area contributed by atoms with Crippen LogP contribution in [0.25, 0.3) is 6.08 Å². The van der Waals surface area contributed by atoms with Crippen LogP contribution >= 0.6 is 24.8 Å². The molecule has 0 N–H and O–H groups in total. The number of carbonyl (C=O) groups excluding carboxylic acids is 1. The molecule has 7 heteroatoms. The van der Waals surface area contributed by atoms with Crippen molar-refractivity contribution in [1.29, 1.82) is 0 Å². The molecule has 0 unspecified atom stereocenters. The predicted octanol–water partition coefficient (Wildman–Crippen LogP) is 2.87. The first-order valence-corrected chi connectivity index (χ1v) is 7.60. The molecule has 0 heterocycles. The summed E-state index contributed by atoms with van der Waals surface area (Å²) in [4.78, 5) is 16.5. The smallest absolute Gasteiger partial charge is 0.161 e. The Labute approximate surface area is 163 Å². The molecule has 144 valence electrons. The molecular formula is C18H30Cl2N2O3. The highest BCUT2D eigenvalue weighted by Gasteiger charge is 2.17. The number of allylic oxidation sites excluding steroid dienone is 1. The van der Waals surface area contributed by atoms with Gasteiger partial charge in [-0.25, -0.2) is 0 Å². The normalized spacial score (nSPS) is 10.8. The van der Waals surface area contributed by atoms with Gasteiger partial charge in [-0.2, -0.15) is 0 Å². The molecule has 5 nitrogen and oxygen atoms in total. The van der Waals surface area contributed by atoms with Gasteiger partial charge < -0.3 is 19.3 Å². The van der Waals surface area contributed by atoms with E-state index in [1.807, 2.05) is 62.3 Å². The molecule has 0 spiro atoms. The maximum Gasteiger partial charge on any atom is 0.161 e. The fourth-order valence-electron chi connectivity index (χ4n) is 2.39. The summed E-state index contributed by atoms with van der Waals surface area (Å²) in [5.74, 6) is 1.41. The van der Waals surface area contributed by atoms with Crippen molar-refractivity contribution in [2.24, 2.45) is 5.92 Å².